The highest BCUT2D eigenvalue weighted by Crippen LogP contribution is 2.39. The Balaban J connectivity index is 1.28. The Kier molecular flexibility index (Phi) is 7.03. The van der Waals surface area contributed by atoms with E-state index < -0.39 is 0 Å². The lowest BCUT2D eigenvalue weighted by molar-refractivity contribution is 1.08. The van der Waals surface area contributed by atoms with Gasteiger partial charge in [-0.15, -0.1) is 0 Å². The van der Waals surface area contributed by atoms with Gasteiger partial charge in [-0.3, -0.25) is 15.0 Å². The lowest BCUT2D eigenvalue weighted by Crippen LogP contribution is -2.01. The van der Waals surface area contributed by atoms with E-state index in [0.29, 0.717) is 17.5 Å². The molecule has 4 aromatic heterocycles. The van der Waals surface area contributed by atoms with Crippen molar-refractivity contribution in [3.8, 4) is 56.5 Å². The summed E-state index contributed by atoms with van der Waals surface area (Å²) in [5.74, 6) is 1.80. The van der Waals surface area contributed by atoms with Crippen LogP contribution in [-0.2, 0) is 0 Å². The molecule has 0 aliphatic heterocycles. The molecule has 0 amide bonds. The van der Waals surface area contributed by atoms with Crippen LogP contribution in [0.15, 0.2) is 170 Å². The van der Waals surface area contributed by atoms with Crippen molar-refractivity contribution in [3.05, 3.63) is 170 Å². The molecule has 0 aliphatic rings. The zero-order valence-electron chi connectivity index (χ0n) is 27.8. The molecule has 0 aliphatic carbocycles. The molecule has 6 nitrogen and oxygen atoms in total. The Morgan fingerprint density at radius 2 is 0.904 bits per heavy atom. The second kappa shape index (κ2) is 12.3. The number of nitrogens with zero attached hydrogens (tertiary/aromatic N) is 6. The highest BCUT2D eigenvalue weighted by atomic mass is 15.0. The summed E-state index contributed by atoms with van der Waals surface area (Å²) in [4.78, 5) is 29.9. The molecule has 0 saturated heterocycles. The number of hydrogen-bond donors (Lipinski definition) is 0. The molecule has 0 atom stereocenters. The number of fused-ring (bicyclic) bond motifs is 5. The van der Waals surface area contributed by atoms with Gasteiger partial charge >= 0.3 is 0 Å². The van der Waals surface area contributed by atoms with Crippen molar-refractivity contribution in [3.63, 3.8) is 0 Å². The Hall–Kier alpha value is -7.18. The molecule has 6 aromatic carbocycles. The summed E-state index contributed by atoms with van der Waals surface area (Å²) in [6, 6.07) is 52.0. The van der Waals surface area contributed by atoms with E-state index >= 15 is 0 Å². The SMILES string of the molecule is c1ccc(-c2nc(-c3cc(-c4ccccn4)cc(-c4cc5cccnc5c5ncccc45)c3)nc(-c3c4ccccc4cc4ccccc34)n2)cc1. The van der Waals surface area contributed by atoms with Gasteiger partial charge in [0.15, 0.2) is 17.5 Å². The number of hydrogen-bond acceptors (Lipinski definition) is 6. The van der Waals surface area contributed by atoms with E-state index in [-0.39, 0.29) is 0 Å². The number of benzene rings is 6. The summed E-state index contributed by atoms with van der Waals surface area (Å²) in [5, 5.41) is 6.47. The molecule has 0 N–H and O–H groups in total. The molecular weight excluding hydrogens is 637 g/mol. The van der Waals surface area contributed by atoms with Crippen LogP contribution in [0.4, 0.5) is 0 Å². The normalized spacial score (nSPS) is 11.5. The third-order valence-corrected chi connectivity index (χ3v) is 9.59. The van der Waals surface area contributed by atoms with Crippen LogP contribution in [0, 0.1) is 0 Å². The second-order valence-corrected chi connectivity index (χ2v) is 12.8. The highest BCUT2D eigenvalue weighted by molar-refractivity contribution is 6.12. The summed E-state index contributed by atoms with van der Waals surface area (Å²) >= 11 is 0. The molecule has 0 spiro atoms. The standard InChI is InChI=1S/C46H28N6/c1-2-12-29(13-3-1)44-50-45(52-46(51-44)41-36-17-6-4-14-30(36)24-31-15-5-7-18-37(31)41)35-26-33(25-34(27-35)40-20-8-9-21-47-40)39-28-32-16-10-22-48-42(32)43-38(39)19-11-23-49-43/h1-28H. The summed E-state index contributed by atoms with van der Waals surface area (Å²) in [6.07, 6.45) is 5.46. The van der Waals surface area contributed by atoms with Gasteiger partial charge in [-0.25, -0.2) is 15.0 Å². The largest absolute Gasteiger partial charge is 0.256 e. The molecule has 0 radical (unpaired) electrons. The monoisotopic (exact) mass is 664 g/mol. The molecular formula is C46H28N6. The average molecular weight is 665 g/mol. The maximum absolute atomic E-state index is 5.32. The first kappa shape index (κ1) is 29.7. The Bertz CT molecular complexity index is 2910. The Labute approximate surface area is 299 Å². The summed E-state index contributed by atoms with van der Waals surface area (Å²) in [6.45, 7) is 0. The van der Waals surface area contributed by atoms with Gasteiger partial charge in [0.25, 0.3) is 0 Å². The van der Waals surface area contributed by atoms with Crippen molar-refractivity contribution in [2.24, 2.45) is 0 Å². The molecule has 0 fully saturated rings. The van der Waals surface area contributed by atoms with Crippen LogP contribution >= 0.6 is 0 Å². The number of aromatic nitrogens is 6. The third-order valence-electron chi connectivity index (χ3n) is 9.59. The molecule has 10 aromatic rings. The molecule has 0 saturated carbocycles. The van der Waals surface area contributed by atoms with Crippen LogP contribution < -0.4 is 0 Å². The van der Waals surface area contributed by atoms with E-state index in [1.54, 1.807) is 0 Å². The first-order valence-corrected chi connectivity index (χ1v) is 17.2. The third kappa shape index (κ3) is 5.13. The van der Waals surface area contributed by atoms with Crippen LogP contribution in [0.2, 0.25) is 0 Å². The predicted octanol–water partition coefficient (Wildman–Crippen LogP) is 11.0. The fraction of sp³-hybridized carbons (Fsp3) is 0. The molecule has 6 heteroatoms. The first-order valence-electron chi connectivity index (χ1n) is 17.2. The zero-order chi connectivity index (χ0) is 34.4. The van der Waals surface area contributed by atoms with Gasteiger partial charge in [0.05, 0.1) is 16.7 Å². The predicted molar refractivity (Wildman–Crippen MR) is 210 cm³/mol. The minimum absolute atomic E-state index is 0.574. The van der Waals surface area contributed by atoms with E-state index in [2.05, 4.69) is 91.0 Å². The van der Waals surface area contributed by atoms with E-state index in [4.69, 9.17) is 29.9 Å². The Morgan fingerprint density at radius 3 is 1.67 bits per heavy atom. The maximum Gasteiger partial charge on any atom is 0.165 e. The molecule has 52 heavy (non-hydrogen) atoms. The average Bonchev–Trinajstić information content (AvgIpc) is 3.22. The maximum atomic E-state index is 5.32. The van der Waals surface area contributed by atoms with Crippen LogP contribution in [0.3, 0.4) is 0 Å². The van der Waals surface area contributed by atoms with Gasteiger partial charge in [-0.2, -0.15) is 0 Å². The minimum Gasteiger partial charge on any atom is -0.256 e. The van der Waals surface area contributed by atoms with Gasteiger partial charge in [-0.1, -0.05) is 97.1 Å². The van der Waals surface area contributed by atoms with Crippen molar-refractivity contribution in [2.75, 3.05) is 0 Å². The van der Waals surface area contributed by atoms with Crippen LogP contribution in [-0.4, -0.2) is 29.9 Å². The summed E-state index contributed by atoms with van der Waals surface area (Å²) in [5.41, 5.74) is 8.33. The van der Waals surface area contributed by atoms with Crippen molar-refractivity contribution in [1.82, 2.24) is 29.9 Å². The van der Waals surface area contributed by atoms with Crippen molar-refractivity contribution in [2.45, 2.75) is 0 Å². The summed E-state index contributed by atoms with van der Waals surface area (Å²) in [7, 11) is 0. The first-order chi connectivity index (χ1) is 25.8. The van der Waals surface area contributed by atoms with Gasteiger partial charge < -0.3 is 0 Å². The van der Waals surface area contributed by atoms with E-state index in [1.807, 2.05) is 79.3 Å². The van der Waals surface area contributed by atoms with Gasteiger partial charge in [-0.05, 0) is 87.3 Å². The Morgan fingerprint density at radius 1 is 0.327 bits per heavy atom. The number of rotatable bonds is 5. The van der Waals surface area contributed by atoms with Crippen molar-refractivity contribution >= 4 is 43.4 Å². The van der Waals surface area contributed by atoms with Crippen LogP contribution in [0.1, 0.15) is 0 Å². The van der Waals surface area contributed by atoms with E-state index in [0.717, 1.165) is 82.4 Å². The van der Waals surface area contributed by atoms with Crippen molar-refractivity contribution in [1.29, 1.82) is 0 Å². The van der Waals surface area contributed by atoms with Crippen LogP contribution in [0.5, 0.6) is 0 Å². The van der Waals surface area contributed by atoms with E-state index in [1.165, 1.54) is 0 Å². The van der Waals surface area contributed by atoms with Crippen molar-refractivity contribution < 1.29 is 0 Å². The highest BCUT2D eigenvalue weighted by Gasteiger charge is 2.19. The molecule has 242 valence electrons. The molecule has 0 bridgehead atoms. The molecule has 10 rings (SSSR count). The summed E-state index contributed by atoms with van der Waals surface area (Å²) < 4.78 is 0. The minimum atomic E-state index is 0.574. The second-order valence-electron chi connectivity index (χ2n) is 12.8. The molecule has 4 heterocycles. The smallest absolute Gasteiger partial charge is 0.165 e. The van der Waals surface area contributed by atoms with Gasteiger partial charge in [0.2, 0.25) is 0 Å². The topological polar surface area (TPSA) is 77.3 Å². The van der Waals surface area contributed by atoms with Crippen LogP contribution in [0.25, 0.3) is 99.9 Å². The lowest BCUT2D eigenvalue weighted by atomic mass is 9.93. The van der Waals surface area contributed by atoms with E-state index in [9.17, 15) is 0 Å². The fourth-order valence-electron chi connectivity index (χ4n) is 7.20. The quantitative estimate of drug-likeness (QED) is 0.135. The van der Waals surface area contributed by atoms with Gasteiger partial charge in [0, 0.05) is 51.6 Å². The number of pyridine rings is 3. The van der Waals surface area contributed by atoms with Gasteiger partial charge in [0.1, 0.15) is 0 Å². The lowest BCUT2D eigenvalue weighted by Gasteiger charge is -2.15. The molecule has 0 unspecified atom stereocenters. The zero-order valence-corrected chi connectivity index (χ0v) is 27.8. The fourth-order valence-corrected chi connectivity index (χ4v) is 7.20.